The van der Waals surface area contributed by atoms with Gasteiger partial charge in [0.05, 0.1) is 18.7 Å². The molecule has 2 atom stereocenters. The Bertz CT molecular complexity index is 1050. The molecule has 0 aliphatic carbocycles. The molecule has 0 radical (unpaired) electrons. The average molecular weight is 516 g/mol. The molecule has 2 N–H and O–H groups in total. The second-order valence-electron chi connectivity index (χ2n) is 10.8. The predicted octanol–water partition coefficient (Wildman–Crippen LogP) is 1.11. The number of hydrogen-bond donors (Lipinski definition) is 2. The van der Waals surface area contributed by atoms with Gasteiger partial charge in [0.1, 0.15) is 5.60 Å². The van der Waals surface area contributed by atoms with Crippen LogP contribution in [-0.4, -0.2) is 97.7 Å². The third-order valence-electron chi connectivity index (χ3n) is 6.98. The van der Waals surface area contributed by atoms with E-state index < -0.39 is 17.6 Å². The zero-order valence-electron chi connectivity index (χ0n) is 22.0. The van der Waals surface area contributed by atoms with Crippen LogP contribution in [0.3, 0.4) is 0 Å². The molecule has 2 unspecified atom stereocenters. The van der Waals surface area contributed by atoms with E-state index in [4.69, 9.17) is 9.47 Å². The van der Waals surface area contributed by atoms with Crippen LogP contribution in [0.1, 0.15) is 49.5 Å². The monoisotopic (exact) mass is 515 g/mol. The highest BCUT2D eigenvalue weighted by Crippen LogP contribution is 2.26. The fraction of sp³-hybridized carbons (Fsp3) is 0.615. The van der Waals surface area contributed by atoms with Gasteiger partial charge in [-0.05, 0) is 51.0 Å². The smallest absolute Gasteiger partial charge is 0.410 e. The summed E-state index contributed by atoms with van der Waals surface area (Å²) in [5.41, 5.74) is 1.57. The van der Waals surface area contributed by atoms with Crippen LogP contribution in [-0.2, 0) is 25.6 Å². The minimum Gasteiger partial charge on any atom is -0.465 e. The van der Waals surface area contributed by atoms with Gasteiger partial charge in [-0.15, -0.1) is 0 Å². The fourth-order valence-electron chi connectivity index (χ4n) is 5.04. The number of benzene rings is 1. The number of nitrogens with one attached hydrogen (secondary N) is 2. The highest BCUT2D eigenvalue weighted by Gasteiger charge is 2.35. The van der Waals surface area contributed by atoms with E-state index in [9.17, 15) is 19.2 Å². The van der Waals surface area contributed by atoms with Crippen LogP contribution < -0.4 is 15.5 Å². The van der Waals surface area contributed by atoms with Gasteiger partial charge >= 0.3 is 12.1 Å². The molecule has 4 rings (SSSR count). The number of esters is 1. The van der Waals surface area contributed by atoms with Crippen LogP contribution in [0.25, 0.3) is 0 Å². The van der Waals surface area contributed by atoms with Crippen molar-refractivity contribution in [1.82, 2.24) is 20.4 Å². The number of methoxy groups -OCH3 is 1. The van der Waals surface area contributed by atoms with Crippen molar-refractivity contribution in [3.63, 3.8) is 0 Å². The summed E-state index contributed by atoms with van der Waals surface area (Å²) in [6.07, 6.45) is 0.406. The Morgan fingerprint density at radius 2 is 1.86 bits per heavy atom. The summed E-state index contributed by atoms with van der Waals surface area (Å²) in [6, 6.07) is 5.28. The van der Waals surface area contributed by atoms with Crippen LogP contribution >= 0.6 is 0 Å². The predicted molar refractivity (Wildman–Crippen MR) is 136 cm³/mol. The lowest BCUT2D eigenvalue weighted by Gasteiger charge is -2.47. The lowest BCUT2D eigenvalue weighted by molar-refractivity contribution is -0.134. The third kappa shape index (κ3) is 6.58. The summed E-state index contributed by atoms with van der Waals surface area (Å²) in [6.45, 7) is 10.4. The van der Waals surface area contributed by atoms with Crippen molar-refractivity contribution in [2.45, 2.75) is 57.8 Å². The number of amides is 3. The molecule has 11 nitrogen and oxygen atoms in total. The first-order valence-corrected chi connectivity index (χ1v) is 12.8. The Balaban J connectivity index is 1.46. The first-order chi connectivity index (χ1) is 17.5. The van der Waals surface area contributed by atoms with E-state index in [1.165, 1.54) is 7.11 Å². The van der Waals surface area contributed by atoms with Crippen molar-refractivity contribution >= 4 is 29.6 Å². The highest BCUT2D eigenvalue weighted by molar-refractivity contribution is 6.00. The van der Waals surface area contributed by atoms with E-state index in [1.807, 2.05) is 32.9 Å². The van der Waals surface area contributed by atoms with Crippen LogP contribution in [0.15, 0.2) is 18.2 Å². The van der Waals surface area contributed by atoms with Crippen LogP contribution in [0.4, 0.5) is 10.5 Å². The standard InChI is InChI=1S/C26H37N5O6/c1-26(2,3)37-25(35)31-12-10-29-9-11-30(15-19(29)16-31)18-5-6-20(24(34)36-4)17(13-18)14-27-21-7-8-22(32)28-23(21)33/h5-6,13,19,21,27H,7-12,14-16H2,1-4H3,(H,28,32,33). The normalized spacial score (nSPS) is 22.8. The number of rotatable bonds is 5. The maximum absolute atomic E-state index is 12.6. The lowest BCUT2D eigenvalue weighted by atomic mass is 10.0. The van der Waals surface area contributed by atoms with Gasteiger partial charge in [-0.3, -0.25) is 19.8 Å². The molecule has 0 spiro atoms. The van der Waals surface area contributed by atoms with Crippen LogP contribution in [0.5, 0.6) is 0 Å². The largest absolute Gasteiger partial charge is 0.465 e. The molecule has 3 fully saturated rings. The molecule has 3 heterocycles. The Hall–Kier alpha value is -3.18. The first kappa shape index (κ1) is 26.9. The summed E-state index contributed by atoms with van der Waals surface area (Å²) in [5, 5.41) is 5.53. The van der Waals surface area contributed by atoms with Gasteiger partial charge in [-0.2, -0.15) is 0 Å². The zero-order valence-corrected chi connectivity index (χ0v) is 22.0. The molecule has 0 bridgehead atoms. The summed E-state index contributed by atoms with van der Waals surface area (Å²) in [4.78, 5) is 55.1. The van der Waals surface area contributed by atoms with Gasteiger partial charge < -0.3 is 24.6 Å². The van der Waals surface area contributed by atoms with Gasteiger partial charge in [0.25, 0.3) is 0 Å². The number of nitrogens with zero attached hydrogens (tertiary/aromatic N) is 3. The van der Waals surface area contributed by atoms with Gasteiger partial charge in [0.2, 0.25) is 11.8 Å². The number of fused-ring (bicyclic) bond motifs is 1. The first-order valence-electron chi connectivity index (χ1n) is 12.8. The number of carbonyl (C=O) groups is 4. The SMILES string of the molecule is COC(=O)c1ccc(N2CCN3CCN(C(=O)OC(C)(C)C)CC3C2)cc1CNC1CCC(=O)NC1=O. The fourth-order valence-corrected chi connectivity index (χ4v) is 5.04. The number of carbonyl (C=O) groups excluding carboxylic acids is 4. The Morgan fingerprint density at radius 3 is 2.57 bits per heavy atom. The Kier molecular flexibility index (Phi) is 8.03. The van der Waals surface area contributed by atoms with E-state index in [0.717, 1.165) is 37.4 Å². The van der Waals surface area contributed by atoms with Crippen LogP contribution in [0, 0.1) is 0 Å². The maximum Gasteiger partial charge on any atom is 0.410 e. The van der Waals surface area contributed by atoms with Crippen molar-refractivity contribution in [3.8, 4) is 0 Å². The Labute approximate surface area is 217 Å². The van der Waals surface area contributed by atoms with Crippen molar-refractivity contribution in [1.29, 1.82) is 0 Å². The topological polar surface area (TPSA) is 121 Å². The van der Waals surface area contributed by atoms with E-state index in [2.05, 4.69) is 20.4 Å². The van der Waals surface area contributed by atoms with Gasteiger partial charge in [0, 0.05) is 64.0 Å². The molecule has 0 saturated carbocycles. The number of ether oxygens (including phenoxy) is 2. The minimum absolute atomic E-state index is 0.167. The van der Waals surface area contributed by atoms with E-state index >= 15 is 0 Å². The van der Waals surface area contributed by atoms with Crippen molar-refractivity contribution < 1.29 is 28.7 Å². The molecule has 202 valence electrons. The number of imide groups is 1. The number of piperidine rings is 1. The van der Waals surface area contributed by atoms with Crippen molar-refractivity contribution in [3.05, 3.63) is 29.3 Å². The van der Waals surface area contributed by atoms with Gasteiger partial charge in [-0.25, -0.2) is 9.59 Å². The number of hydrogen-bond acceptors (Lipinski definition) is 9. The Morgan fingerprint density at radius 1 is 1.11 bits per heavy atom. The molecule has 3 amide bonds. The van der Waals surface area contributed by atoms with Gasteiger partial charge in [-0.1, -0.05) is 0 Å². The van der Waals surface area contributed by atoms with E-state index in [0.29, 0.717) is 25.1 Å². The van der Waals surface area contributed by atoms with Crippen LogP contribution in [0.2, 0.25) is 0 Å². The molecule has 0 aromatic heterocycles. The zero-order chi connectivity index (χ0) is 26.7. The molecule has 11 heteroatoms. The molecule has 3 aliphatic heterocycles. The lowest BCUT2D eigenvalue weighted by Crippen LogP contribution is -2.63. The summed E-state index contributed by atoms with van der Waals surface area (Å²) < 4.78 is 10.5. The summed E-state index contributed by atoms with van der Waals surface area (Å²) >= 11 is 0. The quantitative estimate of drug-likeness (QED) is 0.439. The number of piperazine rings is 2. The van der Waals surface area contributed by atoms with Crippen molar-refractivity contribution in [2.24, 2.45) is 0 Å². The molecular weight excluding hydrogens is 478 g/mol. The summed E-state index contributed by atoms with van der Waals surface area (Å²) in [5.74, 6) is -1.07. The summed E-state index contributed by atoms with van der Waals surface area (Å²) in [7, 11) is 1.34. The van der Waals surface area contributed by atoms with Crippen molar-refractivity contribution in [2.75, 3.05) is 51.3 Å². The average Bonchev–Trinajstić information content (AvgIpc) is 2.86. The second-order valence-corrected chi connectivity index (χ2v) is 10.8. The minimum atomic E-state index is -0.535. The molecule has 1 aromatic rings. The second kappa shape index (κ2) is 11.1. The maximum atomic E-state index is 12.6. The highest BCUT2D eigenvalue weighted by atomic mass is 16.6. The number of anilines is 1. The third-order valence-corrected chi connectivity index (χ3v) is 6.98. The molecule has 3 saturated heterocycles. The molecule has 1 aromatic carbocycles. The van der Waals surface area contributed by atoms with E-state index in [-0.39, 0.29) is 36.9 Å². The molecule has 3 aliphatic rings. The van der Waals surface area contributed by atoms with Gasteiger partial charge in [0.15, 0.2) is 0 Å². The molecular formula is C26H37N5O6. The van der Waals surface area contributed by atoms with E-state index in [1.54, 1.807) is 11.0 Å². The molecule has 37 heavy (non-hydrogen) atoms.